The molecule has 22 heavy (non-hydrogen) atoms. The third-order valence-corrected chi connectivity index (χ3v) is 4.32. The van der Waals surface area contributed by atoms with Gasteiger partial charge in [-0.25, -0.2) is 0 Å². The number of fused-ring (bicyclic) bond motifs is 1. The molecule has 0 bridgehead atoms. The van der Waals surface area contributed by atoms with Crippen LogP contribution < -0.4 is 11.1 Å². The molecule has 0 fully saturated rings. The Hall–Kier alpha value is -1.55. The van der Waals surface area contributed by atoms with Gasteiger partial charge in [-0.3, -0.25) is 4.99 Å². The number of likely N-dealkylation sites (N-methyl/N-ethyl adjacent to an activating group) is 1. The van der Waals surface area contributed by atoms with Crippen molar-refractivity contribution in [3.63, 3.8) is 0 Å². The second-order valence-electron chi connectivity index (χ2n) is 6.93. The highest BCUT2D eigenvalue weighted by Gasteiger charge is 2.13. The SMILES string of the molecule is CC(C)CC(CN=C(N)Nc1ccc2c(c1)CCC2)N(C)C. The lowest BCUT2D eigenvalue weighted by molar-refractivity contribution is 0.261. The van der Waals surface area contributed by atoms with E-state index in [0.29, 0.717) is 17.9 Å². The lowest BCUT2D eigenvalue weighted by Crippen LogP contribution is -2.34. The normalized spacial score (nSPS) is 16.2. The summed E-state index contributed by atoms with van der Waals surface area (Å²) < 4.78 is 0. The molecular formula is C18H30N4. The lowest BCUT2D eigenvalue weighted by atomic mass is 10.0. The van der Waals surface area contributed by atoms with E-state index in [2.05, 4.69) is 61.4 Å². The highest BCUT2D eigenvalue weighted by molar-refractivity contribution is 5.92. The maximum Gasteiger partial charge on any atom is 0.193 e. The van der Waals surface area contributed by atoms with E-state index in [1.165, 1.54) is 30.4 Å². The van der Waals surface area contributed by atoms with Crippen LogP contribution in [0.1, 0.15) is 37.8 Å². The fraction of sp³-hybridized carbons (Fsp3) is 0.611. The number of hydrogen-bond acceptors (Lipinski definition) is 2. The Morgan fingerprint density at radius 3 is 2.68 bits per heavy atom. The van der Waals surface area contributed by atoms with Crippen LogP contribution in [0.5, 0.6) is 0 Å². The van der Waals surface area contributed by atoms with Crippen molar-refractivity contribution >= 4 is 11.6 Å². The van der Waals surface area contributed by atoms with Crippen LogP contribution >= 0.6 is 0 Å². The van der Waals surface area contributed by atoms with Gasteiger partial charge in [-0.15, -0.1) is 0 Å². The van der Waals surface area contributed by atoms with Crippen LogP contribution in [0.4, 0.5) is 5.69 Å². The summed E-state index contributed by atoms with van der Waals surface area (Å²) in [5, 5.41) is 3.23. The van der Waals surface area contributed by atoms with Gasteiger partial charge in [0.05, 0.1) is 6.54 Å². The molecule has 0 aromatic heterocycles. The summed E-state index contributed by atoms with van der Waals surface area (Å²) in [7, 11) is 4.21. The molecule has 1 aromatic rings. The second kappa shape index (κ2) is 7.63. The van der Waals surface area contributed by atoms with E-state index >= 15 is 0 Å². The molecule has 1 aliphatic rings. The molecule has 4 heteroatoms. The predicted octanol–water partition coefficient (Wildman–Crippen LogP) is 2.88. The summed E-state index contributed by atoms with van der Waals surface area (Å²) in [5.41, 5.74) is 10.0. The number of benzene rings is 1. The fourth-order valence-corrected chi connectivity index (χ4v) is 3.03. The molecule has 0 heterocycles. The molecule has 0 radical (unpaired) electrons. The van der Waals surface area contributed by atoms with Gasteiger partial charge in [0.2, 0.25) is 0 Å². The monoisotopic (exact) mass is 302 g/mol. The highest BCUT2D eigenvalue weighted by atomic mass is 15.1. The van der Waals surface area contributed by atoms with Crippen molar-refractivity contribution in [2.24, 2.45) is 16.6 Å². The summed E-state index contributed by atoms with van der Waals surface area (Å²) in [6, 6.07) is 6.95. The van der Waals surface area contributed by atoms with Crippen molar-refractivity contribution in [3.05, 3.63) is 29.3 Å². The zero-order chi connectivity index (χ0) is 16.1. The quantitative estimate of drug-likeness (QED) is 0.627. The van der Waals surface area contributed by atoms with Crippen LogP contribution in [0.15, 0.2) is 23.2 Å². The van der Waals surface area contributed by atoms with Crippen LogP contribution in [0, 0.1) is 5.92 Å². The Morgan fingerprint density at radius 1 is 1.27 bits per heavy atom. The molecular weight excluding hydrogens is 272 g/mol. The van der Waals surface area contributed by atoms with Crippen molar-refractivity contribution in [1.29, 1.82) is 0 Å². The number of nitrogens with zero attached hydrogens (tertiary/aromatic N) is 2. The minimum Gasteiger partial charge on any atom is -0.370 e. The summed E-state index contributed by atoms with van der Waals surface area (Å²) >= 11 is 0. The molecule has 122 valence electrons. The Balaban J connectivity index is 1.94. The Bertz CT molecular complexity index is 520. The van der Waals surface area contributed by atoms with Crippen LogP contribution in [0.25, 0.3) is 0 Å². The smallest absolute Gasteiger partial charge is 0.193 e. The molecule has 3 N–H and O–H groups in total. The van der Waals surface area contributed by atoms with Gasteiger partial charge in [-0.2, -0.15) is 0 Å². The van der Waals surface area contributed by atoms with Crippen LogP contribution in [-0.2, 0) is 12.8 Å². The predicted molar refractivity (Wildman–Crippen MR) is 95.5 cm³/mol. The zero-order valence-electron chi connectivity index (χ0n) is 14.4. The Labute approximate surface area is 134 Å². The van der Waals surface area contributed by atoms with Gasteiger partial charge >= 0.3 is 0 Å². The van der Waals surface area contributed by atoms with E-state index in [-0.39, 0.29) is 0 Å². The third kappa shape index (κ3) is 4.73. The minimum absolute atomic E-state index is 0.431. The van der Waals surface area contributed by atoms with Crippen molar-refractivity contribution in [3.8, 4) is 0 Å². The molecule has 1 unspecified atom stereocenters. The number of nitrogens with one attached hydrogen (secondary N) is 1. The van der Waals surface area contributed by atoms with Crippen LogP contribution in [0.2, 0.25) is 0 Å². The molecule has 0 spiro atoms. The number of guanidine groups is 1. The molecule has 1 atom stereocenters. The van der Waals surface area contributed by atoms with Crippen LogP contribution in [0.3, 0.4) is 0 Å². The molecule has 4 nitrogen and oxygen atoms in total. The Kier molecular flexibility index (Phi) is 5.83. The molecule has 1 aromatic carbocycles. The number of hydrogen-bond donors (Lipinski definition) is 2. The van der Waals surface area contributed by atoms with Gasteiger partial charge in [0.15, 0.2) is 5.96 Å². The maximum absolute atomic E-state index is 6.05. The van der Waals surface area contributed by atoms with E-state index in [1.807, 2.05) is 0 Å². The summed E-state index contributed by atoms with van der Waals surface area (Å²) in [5.74, 6) is 1.17. The van der Waals surface area contributed by atoms with E-state index in [1.54, 1.807) is 0 Å². The average Bonchev–Trinajstić information content (AvgIpc) is 2.90. The molecule has 2 rings (SSSR count). The van der Waals surface area contributed by atoms with Crippen molar-refractivity contribution in [2.45, 2.75) is 45.6 Å². The topological polar surface area (TPSA) is 53.6 Å². The first-order valence-corrected chi connectivity index (χ1v) is 8.31. The van der Waals surface area contributed by atoms with E-state index in [0.717, 1.165) is 18.7 Å². The van der Waals surface area contributed by atoms with Gasteiger partial charge in [0.1, 0.15) is 0 Å². The molecule has 0 saturated heterocycles. The summed E-state index contributed by atoms with van der Waals surface area (Å²) in [4.78, 5) is 6.76. The van der Waals surface area contributed by atoms with Gasteiger partial charge in [-0.05, 0) is 69.0 Å². The van der Waals surface area contributed by atoms with Crippen molar-refractivity contribution < 1.29 is 0 Å². The number of anilines is 1. The van der Waals surface area contributed by atoms with Crippen molar-refractivity contribution in [1.82, 2.24) is 4.90 Å². The Morgan fingerprint density at radius 2 is 2.00 bits per heavy atom. The number of aryl methyl sites for hydroxylation is 2. The molecule has 0 amide bonds. The first-order chi connectivity index (χ1) is 10.5. The second-order valence-corrected chi connectivity index (χ2v) is 6.93. The van der Waals surface area contributed by atoms with Crippen LogP contribution in [-0.4, -0.2) is 37.5 Å². The lowest BCUT2D eigenvalue weighted by Gasteiger charge is -2.24. The van der Waals surface area contributed by atoms with E-state index in [4.69, 9.17) is 5.73 Å². The average molecular weight is 302 g/mol. The van der Waals surface area contributed by atoms with Gasteiger partial charge in [0.25, 0.3) is 0 Å². The summed E-state index contributed by atoms with van der Waals surface area (Å²) in [6.07, 6.45) is 4.78. The van der Waals surface area contributed by atoms with Gasteiger partial charge < -0.3 is 16.0 Å². The number of nitrogens with two attached hydrogens (primary N) is 1. The van der Waals surface area contributed by atoms with Crippen molar-refractivity contribution in [2.75, 3.05) is 26.0 Å². The standard InChI is InChI=1S/C18H30N4/c1-13(2)10-17(22(3)4)12-20-18(19)21-16-9-8-14-6-5-7-15(14)11-16/h8-9,11,13,17H,5-7,10,12H2,1-4H3,(H3,19,20,21). The highest BCUT2D eigenvalue weighted by Crippen LogP contribution is 2.24. The minimum atomic E-state index is 0.431. The zero-order valence-corrected chi connectivity index (χ0v) is 14.4. The summed E-state index contributed by atoms with van der Waals surface area (Å²) in [6.45, 7) is 5.22. The third-order valence-electron chi connectivity index (χ3n) is 4.32. The first-order valence-electron chi connectivity index (χ1n) is 8.31. The van der Waals surface area contributed by atoms with E-state index < -0.39 is 0 Å². The maximum atomic E-state index is 6.05. The largest absolute Gasteiger partial charge is 0.370 e. The van der Waals surface area contributed by atoms with Gasteiger partial charge in [-0.1, -0.05) is 19.9 Å². The van der Waals surface area contributed by atoms with Gasteiger partial charge in [0, 0.05) is 11.7 Å². The fourth-order valence-electron chi connectivity index (χ4n) is 3.03. The molecule has 0 saturated carbocycles. The number of rotatable bonds is 6. The molecule has 0 aliphatic heterocycles. The molecule has 1 aliphatic carbocycles. The number of aliphatic imine (C=N–C) groups is 1. The van der Waals surface area contributed by atoms with E-state index in [9.17, 15) is 0 Å². The first kappa shape index (κ1) is 16.8.